The SMILES string of the molecule is CC(=O)N(CCC(=O)O)c1cccc(Cl)c1Cl. The second-order valence-electron chi connectivity index (χ2n) is 3.39. The fourth-order valence-electron chi connectivity index (χ4n) is 1.36. The molecule has 0 spiro atoms. The van der Waals surface area contributed by atoms with Crippen LogP contribution in [-0.4, -0.2) is 23.5 Å². The smallest absolute Gasteiger partial charge is 0.305 e. The lowest BCUT2D eigenvalue weighted by atomic mass is 10.2. The van der Waals surface area contributed by atoms with E-state index in [1.54, 1.807) is 18.2 Å². The molecule has 1 N–H and O–H groups in total. The van der Waals surface area contributed by atoms with Crippen molar-refractivity contribution in [1.29, 1.82) is 0 Å². The van der Waals surface area contributed by atoms with E-state index in [2.05, 4.69) is 0 Å². The van der Waals surface area contributed by atoms with Crippen molar-refractivity contribution in [3.05, 3.63) is 28.2 Å². The highest BCUT2D eigenvalue weighted by Crippen LogP contribution is 2.32. The standard InChI is InChI=1S/C11H11Cl2NO3/c1-7(15)14(6-5-10(16)17)9-4-2-3-8(12)11(9)13/h2-4H,5-6H2,1H3,(H,16,17). The lowest BCUT2D eigenvalue weighted by Crippen LogP contribution is -2.31. The maximum atomic E-state index is 11.5. The summed E-state index contributed by atoms with van der Waals surface area (Å²) >= 11 is 11.8. The Morgan fingerprint density at radius 2 is 2.00 bits per heavy atom. The average Bonchev–Trinajstić information content (AvgIpc) is 2.23. The summed E-state index contributed by atoms with van der Waals surface area (Å²) in [4.78, 5) is 23.3. The van der Waals surface area contributed by atoms with Crippen LogP contribution < -0.4 is 4.90 Å². The molecule has 1 amide bonds. The number of rotatable bonds is 4. The minimum atomic E-state index is -0.977. The molecule has 0 fully saturated rings. The Balaban J connectivity index is 3.01. The molecule has 1 aromatic carbocycles. The number of hydrogen-bond donors (Lipinski definition) is 1. The molecule has 0 unspecified atom stereocenters. The Labute approximate surface area is 109 Å². The molecule has 17 heavy (non-hydrogen) atoms. The van der Waals surface area contributed by atoms with Crippen molar-refractivity contribution in [2.45, 2.75) is 13.3 Å². The van der Waals surface area contributed by atoms with Gasteiger partial charge in [0.25, 0.3) is 0 Å². The maximum absolute atomic E-state index is 11.5. The molecule has 0 aliphatic heterocycles. The second kappa shape index (κ2) is 5.89. The lowest BCUT2D eigenvalue weighted by Gasteiger charge is -2.21. The number of carboxylic acid groups (broad SMARTS) is 1. The number of hydrogen-bond acceptors (Lipinski definition) is 2. The number of halogens is 2. The number of anilines is 1. The number of amides is 1. The van der Waals surface area contributed by atoms with Gasteiger partial charge in [0.15, 0.2) is 0 Å². The van der Waals surface area contributed by atoms with Crippen molar-refractivity contribution >= 4 is 40.8 Å². The van der Waals surface area contributed by atoms with Gasteiger partial charge in [-0.15, -0.1) is 0 Å². The highest BCUT2D eigenvalue weighted by molar-refractivity contribution is 6.44. The fourth-order valence-corrected chi connectivity index (χ4v) is 1.75. The van der Waals surface area contributed by atoms with E-state index in [1.165, 1.54) is 11.8 Å². The molecule has 92 valence electrons. The van der Waals surface area contributed by atoms with E-state index in [1.807, 2.05) is 0 Å². The molecule has 0 saturated heterocycles. The summed E-state index contributed by atoms with van der Waals surface area (Å²) in [5.41, 5.74) is 0.424. The van der Waals surface area contributed by atoms with Crippen molar-refractivity contribution in [3.8, 4) is 0 Å². The summed E-state index contributed by atoms with van der Waals surface area (Å²) in [5.74, 6) is -1.26. The molecule has 0 radical (unpaired) electrons. The topological polar surface area (TPSA) is 57.6 Å². The number of carbonyl (C=O) groups excluding carboxylic acids is 1. The van der Waals surface area contributed by atoms with Crippen LogP contribution in [0.3, 0.4) is 0 Å². The van der Waals surface area contributed by atoms with Gasteiger partial charge in [0.2, 0.25) is 5.91 Å². The molecule has 0 bridgehead atoms. The van der Waals surface area contributed by atoms with Gasteiger partial charge in [0.05, 0.1) is 22.2 Å². The summed E-state index contributed by atoms with van der Waals surface area (Å²) in [6.07, 6.45) is -0.150. The summed E-state index contributed by atoms with van der Waals surface area (Å²) in [6.45, 7) is 1.41. The number of nitrogens with zero attached hydrogens (tertiary/aromatic N) is 1. The van der Waals surface area contributed by atoms with Crippen molar-refractivity contribution < 1.29 is 14.7 Å². The predicted octanol–water partition coefficient (Wildman–Crippen LogP) is 2.82. The van der Waals surface area contributed by atoms with Crippen LogP contribution in [0.1, 0.15) is 13.3 Å². The molecule has 0 aromatic heterocycles. The zero-order valence-corrected chi connectivity index (χ0v) is 10.6. The van der Waals surface area contributed by atoms with Crippen LogP contribution in [0.15, 0.2) is 18.2 Å². The number of benzene rings is 1. The third kappa shape index (κ3) is 3.61. The molecule has 0 heterocycles. The monoisotopic (exact) mass is 275 g/mol. The predicted molar refractivity (Wildman–Crippen MR) is 66.7 cm³/mol. The lowest BCUT2D eigenvalue weighted by molar-refractivity contribution is -0.136. The van der Waals surface area contributed by atoms with Crippen LogP contribution >= 0.6 is 23.2 Å². The average molecular weight is 276 g/mol. The first-order valence-corrected chi connectivity index (χ1v) is 5.63. The van der Waals surface area contributed by atoms with Gasteiger partial charge in [0, 0.05) is 13.5 Å². The Hall–Kier alpha value is -1.26. The molecular weight excluding hydrogens is 265 g/mol. The number of aliphatic carboxylic acids is 1. The first-order chi connectivity index (χ1) is 7.93. The third-order valence-corrected chi connectivity index (χ3v) is 2.96. The fraction of sp³-hybridized carbons (Fsp3) is 0.273. The van der Waals surface area contributed by atoms with Crippen molar-refractivity contribution in [1.82, 2.24) is 0 Å². The minimum Gasteiger partial charge on any atom is -0.481 e. The van der Waals surface area contributed by atoms with Crippen LogP contribution in [0.2, 0.25) is 10.0 Å². The summed E-state index contributed by atoms with van der Waals surface area (Å²) < 4.78 is 0. The van der Waals surface area contributed by atoms with Gasteiger partial charge >= 0.3 is 5.97 Å². The molecule has 4 nitrogen and oxygen atoms in total. The summed E-state index contributed by atoms with van der Waals surface area (Å²) in [6, 6.07) is 4.88. The van der Waals surface area contributed by atoms with Gasteiger partial charge in [0.1, 0.15) is 0 Å². The van der Waals surface area contributed by atoms with E-state index in [0.717, 1.165) is 0 Å². The Morgan fingerprint density at radius 3 is 2.53 bits per heavy atom. The zero-order chi connectivity index (χ0) is 13.0. The highest BCUT2D eigenvalue weighted by Gasteiger charge is 2.17. The minimum absolute atomic E-state index is 0.0602. The largest absolute Gasteiger partial charge is 0.481 e. The Bertz CT molecular complexity index is 448. The van der Waals surface area contributed by atoms with Gasteiger partial charge in [-0.1, -0.05) is 29.3 Å². The molecule has 6 heteroatoms. The van der Waals surface area contributed by atoms with Crippen LogP contribution in [0.5, 0.6) is 0 Å². The van der Waals surface area contributed by atoms with Crippen molar-refractivity contribution in [2.24, 2.45) is 0 Å². The van der Waals surface area contributed by atoms with Gasteiger partial charge in [-0.2, -0.15) is 0 Å². The van der Waals surface area contributed by atoms with Gasteiger partial charge in [-0.05, 0) is 12.1 Å². The maximum Gasteiger partial charge on any atom is 0.305 e. The summed E-state index contributed by atoms with van der Waals surface area (Å²) in [5, 5.41) is 9.19. The quantitative estimate of drug-likeness (QED) is 0.919. The van der Waals surface area contributed by atoms with E-state index in [9.17, 15) is 9.59 Å². The first-order valence-electron chi connectivity index (χ1n) is 4.87. The van der Waals surface area contributed by atoms with E-state index < -0.39 is 5.97 Å². The third-order valence-electron chi connectivity index (χ3n) is 2.15. The summed E-state index contributed by atoms with van der Waals surface area (Å²) in [7, 11) is 0. The molecule has 1 aromatic rings. The zero-order valence-electron chi connectivity index (χ0n) is 9.11. The molecule has 1 rings (SSSR count). The Kier molecular flexibility index (Phi) is 4.78. The van der Waals surface area contributed by atoms with Crippen molar-refractivity contribution in [2.75, 3.05) is 11.4 Å². The van der Waals surface area contributed by atoms with E-state index in [4.69, 9.17) is 28.3 Å². The Morgan fingerprint density at radius 1 is 1.35 bits per heavy atom. The van der Waals surface area contributed by atoms with E-state index in [0.29, 0.717) is 10.7 Å². The molecule has 0 saturated carbocycles. The van der Waals surface area contributed by atoms with Crippen LogP contribution in [0, 0.1) is 0 Å². The normalized spacial score (nSPS) is 10.1. The highest BCUT2D eigenvalue weighted by atomic mass is 35.5. The van der Waals surface area contributed by atoms with E-state index in [-0.39, 0.29) is 23.9 Å². The van der Waals surface area contributed by atoms with Crippen molar-refractivity contribution in [3.63, 3.8) is 0 Å². The molecule has 0 aliphatic carbocycles. The number of carbonyl (C=O) groups is 2. The second-order valence-corrected chi connectivity index (χ2v) is 4.17. The number of carboxylic acids is 1. The van der Waals surface area contributed by atoms with Crippen LogP contribution in [0.25, 0.3) is 0 Å². The first kappa shape index (κ1) is 13.8. The molecule has 0 atom stereocenters. The van der Waals surface area contributed by atoms with Gasteiger partial charge in [-0.3, -0.25) is 9.59 Å². The van der Waals surface area contributed by atoms with E-state index >= 15 is 0 Å². The molecular formula is C11H11Cl2NO3. The molecule has 0 aliphatic rings. The van der Waals surface area contributed by atoms with Crippen LogP contribution in [-0.2, 0) is 9.59 Å². The van der Waals surface area contributed by atoms with Gasteiger partial charge < -0.3 is 10.0 Å². The van der Waals surface area contributed by atoms with Gasteiger partial charge in [-0.25, -0.2) is 0 Å². The van der Waals surface area contributed by atoms with Crippen LogP contribution in [0.4, 0.5) is 5.69 Å².